The van der Waals surface area contributed by atoms with Crippen molar-refractivity contribution in [3.8, 4) is 0 Å². The van der Waals surface area contributed by atoms with Gasteiger partial charge in [-0.15, -0.1) is 0 Å². The Morgan fingerprint density at radius 3 is 2.50 bits per heavy atom. The van der Waals surface area contributed by atoms with E-state index in [1.807, 2.05) is 6.92 Å². The van der Waals surface area contributed by atoms with Crippen LogP contribution in [0.3, 0.4) is 0 Å². The summed E-state index contributed by atoms with van der Waals surface area (Å²) in [5.41, 5.74) is 4.78. The Balaban J connectivity index is 2.34. The third-order valence-electron chi connectivity index (χ3n) is 2.68. The molecule has 0 spiro atoms. The highest BCUT2D eigenvalue weighted by Gasteiger charge is 2.50. The summed E-state index contributed by atoms with van der Waals surface area (Å²) in [6, 6.07) is -0.528. The van der Waals surface area contributed by atoms with E-state index in [1.54, 1.807) is 0 Å². The van der Waals surface area contributed by atoms with Gasteiger partial charge in [-0.3, -0.25) is 9.59 Å². The van der Waals surface area contributed by atoms with Gasteiger partial charge in [-0.2, -0.15) is 0 Å². The summed E-state index contributed by atoms with van der Waals surface area (Å²) in [6.45, 7) is 2.02. The van der Waals surface area contributed by atoms with Gasteiger partial charge in [0.25, 0.3) is 0 Å². The molecular weight excluding hydrogens is 184 g/mol. The fraction of sp³-hybridized carbons (Fsp3) is 0.778. The molecule has 0 aromatic heterocycles. The van der Waals surface area contributed by atoms with Crippen LogP contribution in [0, 0.1) is 5.41 Å². The molecule has 80 valence electrons. The molecule has 5 heteroatoms. The molecule has 0 radical (unpaired) electrons. The predicted octanol–water partition coefficient (Wildman–Crippen LogP) is -0.295. The Morgan fingerprint density at radius 2 is 2.14 bits per heavy atom. The normalized spacial score (nSPS) is 19.9. The molecule has 1 rings (SSSR count). The van der Waals surface area contributed by atoms with Crippen molar-refractivity contribution in [1.29, 1.82) is 0 Å². The monoisotopic (exact) mass is 200 g/mol. The molecule has 5 nitrogen and oxygen atoms in total. The summed E-state index contributed by atoms with van der Waals surface area (Å²) < 4.78 is 0. The lowest BCUT2D eigenvalue weighted by Gasteiger charge is -2.13. The SMILES string of the molecule is CC[C@H](N)C(=O)NCC1(C(=O)O)CC1. The van der Waals surface area contributed by atoms with Crippen molar-refractivity contribution in [1.82, 2.24) is 5.32 Å². The number of nitrogens with two attached hydrogens (primary N) is 1. The molecule has 1 atom stereocenters. The molecule has 1 aliphatic carbocycles. The van der Waals surface area contributed by atoms with E-state index in [4.69, 9.17) is 10.8 Å². The van der Waals surface area contributed by atoms with Crippen molar-refractivity contribution in [3.05, 3.63) is 0 Å². The summed E-state index contributed by atoms with van der Waals surface area (Å²) in [7, 11) is 0. The zero-order chi connectivity index (χ0) is 10.8. The number of rotatable bonds is 5. The van der Waals surface area contributed by atoms with Crippen molar-refractivity contribution in [3.63, 3.8) is 0 Å². The molecule has 0 saturated heterocycles. The van der Waals surface area contributed by atoms with Crippen molar-refractivity contribution >= 4 is 11.9 Å². The third kappa shape index (κ3) is 2.23. The summed E-state index contributed by atoms with van der Waals surface area (Å²) in [5.74, 6) is -1.09. The smallest absolute Gasteiger partial charge is 0.311 e. The van der Waals surface area contributed by atoms with E-state index in [0.717, 1.165) is 0 Å². The minimum absolute atomic E-state index is 0.203. The number of carbonyl (C=O) groups is 2. The first kappa shape index (κ1) is 11.0. The molecule has 0 aliphatic heterocycles. The average Bonchev–Trinajstić information content (AvgIpc) is 2.93. The molecule has 0 bridgehead atoms. The average molecular weight is 200 g/mol. The van der Waals surface area contributed by atoms with Gasteiger partial charge in [0.15, 0.2) is 0 Å². The van der Waals surface area contributed by atoms with Crippen molar-refractivity contribution in [2.24, 2.45) is 11.1 Å². The minimum atomic E-state index is -0.831. The Labute approximate surface area is 82.7 Å². The maximum absolute atomic E-state index is 11.2. The molecule has 0 unspecified atom stereocenters. The maximum atomic E-state index is 11.2. The van der Waals surface area contributed by atoms with E-state index >= 15 is 0 Å². The van der Waals surface area contributed by atoms with Gasteiger partial charge >= 0.3 is 5.97 Å². The third-order valence-corrected chi connectivity index (χ3v) is 2.68. The van der Waals surface area contributed by atoms with Crippen LogP contribution in [0.25, 0.3) is 0 Å². The highest BCUT2D eigenvalue weighted by atomic mass is 16.4. The zero-order valence-corrected chi connectivity index (χ0v) is 8.25. The number of nitrogens with one attached hydrogen (secondary N) is 1. The van der Waals surface area contributed by atoms with Crippen LogP contribution in [0.4, 0.5) is 0 Å². The molecule has 4 N–H and O–H groups in total. The summed E-state index contributed by atoms with van der Waals surface area (Å²) in [6.07, 6.45) is 1.85. The van der Waals surface area contributed by atoms with Gasteiger partial charge in [-0.05, 0) is 19.3 Å². The van der Waals surface area contributed by atoms with Gasteiger partial charge in [-0.25, -0.2) is 0 Å². The highest BCUT2D eigenvalue weighted by molar-refractivity contribution is 5.83. The van der Waals surface area contributed by atoms with Crippen molar-refractivity contribution in [2.75, 3.05) is 6.54 Å². The van der Waals surface area contributed by atoms with Crippen LogP contribution in [-0.2, 0) is 9.59 Å². The molecule has 0 aromatic rings. The fourth-order valence-corrected chi connectivity index (χ4v) is 1.19. The standard InChI is InChI=1S/C9H16N2O3/c1-2-6(10)7(12)11-5-9(3-4-9)8(13)14/h6H,2-5,10H2,1H3,(H,11,12)(H,13,14)/t6-/m0/s1. The minimum Gasteiger partial charge on any atom is -0.481 e. The largest absolute Gasteiger partial charge is 0.481 e. The predicted molar refractivity (Wildman–Crippen MR) is 50.6 cm³/mol. The Kier molecular flexibility index (Phi) is 3.10. The van der Waals surface area contributed by atoms with Crippen LogP contribution in [0.5, 0.6) is 0 Å². The quantitative estimate of drug-likeness (QED) is 0.568. The van der Waals surface area contributed by atoms with Crippen LogP contribution in [0.2, 0.25) is 0 Å². The second-order valence-electron chi connectivity index (χ2n) is 3.82. The van der Waals surface area contributed by atoms with Crippen molar-refractivity contribution in [2.45, 2.75) is 32.2 Å². The number of hydrogen-bond donors (Lipinski definition) is 3. The lowest BCUT2D eigenvalue weighted by molar-refractivity contribution is -0.143. The van der Waals surface area contributed by atoms with Gasteiger partial charge in [0.05, 0.1) is 11.5 Å². The summed E-state index contributed by atoms with van der Waals surface area (Å²) >= 11 is 0. The van der Waals surface area contributed by atoms with E-state index in [9.17, 15) is 9.59 Å². The number of hydrogen-bond acceptors (Lipinski definition) is 3. The lowest BCUT2D eigenvalue weighted by atomic mass is 10.1. The number of aliphatic carboxylic acids is 1. The molecular formula is C9H16N2O3. The van der Waals surface area contributed by atoms with Crippen LogP contribution < -0.4 is 11.1 Å². The van der Waals surface area contributed by atoms with Crippen LogP contribution >= 0.6 is 0 Å². The number of carboxylic acid groups (broad SMARTS) is 1. The van der Waals surface area contributed by atoms with Crippen LogP contribution in [0.15, 0.2) is 0 Å². The van der Waals surface area contributed by atoms with E-state index < -0.39 is 17.4 Å². The lowest BCUT2D eigenvalue weighted by Crippen LogP contribution is -2.43. The number of carbonyl (C=O) groups excluding carboxylic acids is 1. The number of carboxylic acids is 1. The molecule has 0 aromatic carbocycles. The van der Waals surface area contributed by atoms with E-state index in [2.05, 4.69) is 5.32 Å². The van der Waals surface area contributed by atoms with Gasteiger partial charge in [0.2, 0.25) is 5.91 Å². The van der Waals surface area contributed by atoms with E-state index in [1.165, 1.54) is 0 Å². The first-order valence-corrected chi connectivity index (χ1v) is 4.78. The van der Waals surface area contributed by atoms with Crippen LogP contribution in [0.1, 0.15) is 26.2 Å². The summed E-state index contributed by atoms with van der Waals surface area (Å²) in [4.78, 5) is 22.0. The number of amides is 1. The molecule has 1 fully saturated rings. The second-order valence-corrected chi connectivity index (χ2v) is 3.82. The highest BCUT2D eigenvalue weighted by Crippen LogP contribution is 2.45. The topological polar surface area (TPSA) is 92.4 Å². The zero-order valence-electron chi connectivity index (χ0n) is 8.25. The van der Waals surface area contributed by atoms with Gasteiger partial charge in [0.1, 0.15) is 0 Å². The maximum Gasteiger partial charge on any atom is 0.311 e. The van der Waals surface area contributed by atoms with Gasteiger partial charge in [0, 0.05) is 6.54 Å². The fourth-order valence-electron chi connectivity index (χ4n) is 1.19. The molecule has 1 amide bonds. The molecule has 1 saturated carbocycles. The van der Waals surface area contributed by atoms with E-state index in [-0.39, 0.29) is 12.5 Å². The Hall–Kier alpha value is -1.10. The first-order chi connectivity index (χ1) is 6.52. The van der Waals surface area contributed by atoms with Crippen molar-refractivity contribution < 1.29 is 14.7 Å². The van der Waals surface area contributed by atoms with Crippen LogP contribution in [-0.4, -0.2) is 29.6 Å². The second kappa shape index (κ2) is 3.96. The first-order valence-electron chi connectivity index (χ1n) is 4.78. The Bertz CT molecular complexity index is 248. The Morgan fingerprint density at radius 1 is 1.57 bits per heavy atom. The molecule has 0 heterocycles. The molecule has 1 aliphatic rings. The van der Waals surface area contributed by atoms with Gasteiger partial charge in [-0.1, -0.05) is 6.92 Å². The summed E-state index contributed by atoms with van der Waals surface area (Å²) in [5, 5.41) is 11.4. The molecule has 14 heavy (non-hydrogen) atoms. The van der Waals surface area contributed by atoms with Gasteiger partial charge < -0.3 is 16.2 Å². The van der Waals surface area contributed by atoms with E-state index in [0.29, 0.717) is 19.3 Å².